The quantitative estimate of drug-likeness (QED) is 0.494. The Bertz CT molecular complexity index is 981. The Hall–Kier alpha value is -2.44. The van der Waals surface area contributed by atoms with Crippen molar-refractivity contribution < 1.29 is 11.3 Å². The predicted molar refractivity (Wildman–Crippen MR) is 127 cm³/mol. The van der Waals surface area contributed by atoms with Gasteiger partial charge in [-0.25, -0.2) is 8.42 Å². The van der Waals surface area contributed by atoms with E-state index in [0.717, 1.165) is 17.8 Å². The van der Waals surface area contributed by atoms with E-state index in [1.54, 1.807) is 0 Å². The fraction of sp³-hybridized carbons (Fsp3) is 0.217. The van der Waals surface area contributed by atoms with Crippen LogP contribution in [0.15, 0.2) is 72.8 Å². The first-order chi connectivity index (χ1) is 14.1. The van der Waals surface area contributed by atoms with E-state index in [9.17, 15) is 8.42 Å². The molecule has 0 aromatic heterocycles. The van der Waals surface area contributed by atoms with Gasteiger partial charge >= 0.3 is 0 Å². The molecule has 6 heteroatoms. The first kappa shape index (κ1) is 19.9. The van der Waals surface area contributed by atoms with E-state index in [4.69, 9.17) is 0 Å². The first-order valence-corrected chi connectivity index (χ1v) is 12.6. The summed E-state index contributed by atoms with van der Waals surface area (Å²) in [5, 5.41) is 6.38. The van der Waals surface area contributed by atoms with Crippen LogP contribution in [-0.2, 0) is 32.8 Å². The Morgan fingerprint density at radius 2 is 1.07 bits per heavy atom. The number of benzene rings is 3. The second-order valence-electron chi connectivity index (χ2n) is 7.14. The normalized spacial score (nSPS) is 16.6. The van der Waals surface area contributed by atoms with Gasteiger partial charge in [0.2, 0.25) is 0 Å². The smallest absolute Gasteiger partial charge is 0.158 e. The molecule has 0 fully saturated rings. The summed E-state index contributed by atoms with van der Waals surface area (Å²) >= 11 is 2.00. The Kier molecular flexibility index (Phi) is 6.11. The molecule has 0 radical (unpaired) electrons. The van der Waals surface area contributed by atoms with Gasteiger partial charge in [0, 0.05) is 14.4 Å². The molecule has 0 bridgehead atoms. The standard InChI is InChI=1S/C8H8O2S.C8H8S.C7H8N2.2H2/c9-11(10)5-7-3-1-2-4-8(7)6-11;1-2-4-8-6-9-5-7(8)3-1;1-2-4-7-6(3-1)8-5-9-7;;/h1-4H,5-6H2;1-4H,5-6H2;1-4,8-9H,5H2;2*1H. The molecule has 0 saturated heterocycles. The van der Waals surface area contributed by atoms with Crippen LogP contribution in [0.25, 0.3) is 0 Å². The van der Waals surface area contributed by atoms with E-state index in [0.29, 0.717) is 0 Å². The maximum absolute atomic E-state index is 11.1. The Labute approximate surface area is 179 Å². The lowest BCUT2D eigenvalue weighted by molar-refractivity contribution is 0.598. The third kappa shape index (κ3) is 5.14. The lowest BCUT2D eigenvalue weighted by Gasteiger charge is -1.93. The number of para-hydroxylation sites is 2. The second-order valence-corrected chi connectivity index (χ2v) is 10.2. The van der Waals surface area contributed by atoms with Crippen LogP contribution in [0.5, 0.6) is 0 Å². The molecule has 3 aliphatic heterocycles. The van der Waals surface area contributed by atoms with Gasteiger partial charge in [-0.15, -0.1) is 0 Å². The zero-order valence-electron chi connectivity index (χ0n) is 16.1. The van der Waals surface area contributed by atoms with E-state index in [1.165, 1.54) is 34.0 Å². The van der Waals surface area contributed by atoms with Gasteiger partial charge in [0.25, 0.3) is 0 Å². The van der Waals surface area contributed by atoms with Crippen molar-refractivity contribution in [3.05, 3.63) is 95.1 Å². The van der Waals surface area contributed by atoms with Crippen molar-refractivity contribution in [2.45, 2.75) is 23.0 Å². The molecule has 3 heterocycles. The summed E-state index contributed by atoms with van der Waals surface area (Å²) in [6.07, 6.45) is 0. The fourth-order valence-electron chi connectivity index (χ4n) is 3.50. The molecule has 2 N–H and O–H groups in total. The molecule has 0 spiro atoms. The summed E-state index contributed by atoms with van der Waals surface area (Å²) in [5.41, 5.74) is 7.40. The SMILES string of the molecule is O=S1(=O)Cc2ccccc2C1.[HH].[HH].c1ccc2c(c1)CSC2.c1ccc2c(c1)NCN2. The maximum Gasteiger partial charge on any atom is 0.158 e. The monoisotopic (exact) mass is 428 g/mol. The van der Waals surface area contributed by atoms with E-state index in [1.807, 2.05) is 48.2 Å². The van der Waals surface area contributed by atoms with Crippen molar-refractivity contribution in [1.29, 1.82) is 0 Å². The number of sulfone groups is 1. The van der Waals surface area contributed by atoms with Gasteiger partial charge in [0.15, 0.2) is 9.84 Å². The molecule has 3 aromatic rings. The highest BCUT2D eigenvalue weighted by Gasteiger charge is 2.23. The van der Waals surface area contributed by atoms with E-state index in [2.05, 4.69) is 47.0 Å². The number of fused-ring (bicyclic) bond motifs is 3. The minimum absolute atomic E-state index is 0. The van der Waals surface area contributed by atoms with Gasteiger partial charge < -0.3 is 10.6 Å². The number of rotatable bonds is 0. The summed E-state index contributed by atoms with van der Waals surface area (Å²) in [4.78, 5) is 0. The summed E-state index contributed by atoms with van der Waals surface area (Å²) in [6, 6.07) is 24.3. The topological polar surface area (TPSA) is 58.2 Å². The molecule has 4 nitrogen and oxygen atoms in total. The highest BCUT2D eigenvalue weighted by Crippen LogP contribution is 2.28. The zero-order valence-corrected chi connectivity index (χ0v) is 17.7. The number of anilines is 2. The highest BCUT2D eigenvalue weighted by molar-refractivity contribution is 7.98. The van der Waals surface area contributed by atoms with E-state index in [-0.39, 0.29) is 14.4 Å². The maximum atomic E-state index is 11.1. The minimum Gasteiger partial charge on any atom is -0.366 e. The average molecular weight is 429 g/mol. The van der Waals surface area contributed by atoms with Crippen LogP contribution in [0.4, 0.5) is 11.4 Å². The van der Waals surface area contributed by atoms with Crippen LogP contribution in [0, 0.1) is 0 Å². The number of thioether (sulfide) groups is 1. The van der Waals surface area contributed by atoms with Gasteiger partial charge in [-0.05, 0) is 34.4 Å². The number of hydrogen-bond acceptors (Lipinski definition) is 5. The molecule has 0 amide bonds. The molecule has 29 heavy (non-hydrogen) atoms. The van der Waals surface area contributed by atoms with Gasteiger partial charge in [0.05, 0.1) is 29.5 Å². The summed E-state index contributed by atoms with van der Waals surface area (Å²) in [5.74, 6) is 2.89. The van der Waals surface area contributed by atoms with Crippen LogP contribution in [0.1, 0.15) is 25.1 Å². The van der Waals surface area contributed by atoms with Crippen molar-refractivity contribution >= 4 is 33.0 Å². The Morgan fingerprint density at radius 1 is 0.655 bits per heavy atom. The molecule has 6 rings (SSSR count). The zero-order chi connectivity index (χ0) is 20.1. The fourth-order valence-corrected chi connectivity index (χ4v) is 6.22. The lowest BCUT2D eigenvalue weighted by atomic mass is 10.1. The molecule has 3 aliphatic rings. The first-order valence-electron chi connectivity index (χ1n) is 9.59. The molecular weight excluding hydrogens is 400 g/mol. The van der Waals surface area contributed by atoms with Crippen molar-refractivity contribution in [2.24, 2.45) is 0 Å². The molecule has 3 aromatic carbocycles. The third-order valence-electron chi connectivity index (χ3n) is 4.99. The molecule has 0 aliphatic carbocycles. The van der Waals surface area contributed by atoms with Crippen LogP contribution >= 0.6 is 11.8 Å². The third-order valence-corrected chi connectivity index (χ3v) is 7.52. The lowest BCUT2D eigenvalue weighted by Crippen LogP contribution is -1.98. The van der Waals surface area contributed by atoms with Crippen LogP contribution in [0.2, 0.25) is 0 Å². The van der Waals surface area contributed by atoms with Crippen molar-refractivity contribution in [2.75, 3.05) is 17.3 Å². The molecule has 0 unspecified atom stereocenters. The summed E-state index contributed by atoms with van der Waals surface area (Å²) < 4.78 is 22.2. The predicted octanol–water partition coefficient (Wildman–Crippen LogP) is 5.52. The van der Waals surface area contributed by atoms with Gasteiger partial charge in [0.1, 0.15) is 0 Å². The second kappa shape index (κ2) is 8.93. The van der Waals surface area contributed by atoms with Gasteiger partial charge in [-0.1, -0.05) is 60.7 Å². The largest absolute Gasteiger partial charge is 0.366 e. The molecular formula is C23H28N2O2S2. The van der Waals surface area contributed by atoms with Gasteiger partial charge in [-0.3, -0.25) is 0 Å². The minimum atomic E-state index is -2.81. The molecule has 0 atom stereocenters. The number of nitrogens with one attached hydrogen (secondary N) is 2. The molecule has 0 saturated carbocycles. The Morgan fingerprint density at radius 3 is 1.55 bits per heavy atom. The highest BCUT2D eigenvalue weighted by atomic mass is 32.2. The van der Waals surface area contributed by atoms with Crippen LogP contribution in [0.3, 0.4) is 0 Å². The van der Waals surface area contributed by atoms with Crippen molar-refractivity contribution in [3.63, 3.8) is 0 Å². The number of hydrogen-bond donors (Lipinski definition) is 2. The van der Waals surface area contributed by atoms with Crippen molar-refractivity contribution in [1.82, 2.24) is 0 Å². The Balaban J connectivity index is 0.000000161. The van der Waals surface area contributed by atoms with E-state index >= 15 is 0 Å². The van der Waals surface area contributed by atoms with Crippen molar-refractivity contribution in [3.8, 4) is 0 Å². The van der Waals surface area contributed by atoms with E-state index < -0.39 is 9.84 Å². The van der Waals surface area contributed by atoms with Crippen LogP contribution < -0.4 is 10.6 Å². The summed E-state index contributed by atoms with van der Waals surface area (Å²) in [7, 11) is -2.81. The average Bonchev–Trinajstić information content (AvgIpc) is 3.45. The van der Waals surface area contributed by atoms with Crippen LogP contribution in [-0.4, -0.2) is 15.1 Å². The molecule has 154 valence electrons. The summed E-state index contributed by atoms with van der Waals surface area (Å²) in [6.45, 7) is 0.860. The van der Waals surface area contributed by atoms with Gasteiger partial charge in [-0.2, -0.15) is 11.8 Å².